The second kappa shape index (κ2) is 8.00. The smallest absolute Gasteiger partial charge is 0.352 e. The molecule has 0 aliphatic carbocycles. The molecule has 2 aromatic rings. The lowest BCUT2D eigenvalue weighted by Gasteiger charge is -2.17. The largest absolute Gasteiger partial charge is 0.416 e. The molecular weight excluding hydrogens is 376 g/mol. The highest BCUT2D eigenvalue weighted by atomic mass is 19.4. The van der Waals surface area contributed by atoms with Crippen molar-refractivity contribution in [2.75, 3.05) is 13.1 Å². The molecule has 1 aliphatic rings. The molecule has 1 atom stereocenters. The molecule has 148 valence electrons. The minimum atomic E-state index is -4.52. The van der Waals surface area contributed by atoms with Gasteiger partial charge in [-0.25, -0.2) is 4.39 Å². The van der Waals surface area contributed by atoms with Crippen molar-refractivity contribution in [2.24, 2.45) is 5.92 Å². The van der Waals surface area contributed by atoms with Crippen LogP contribution >= 0.6 is 0 Å². The lowest BCUT2D eigenvalue weighted by atomic mass is 10.1. The van der Waals surface area contributed by atoms with Crippen LogP contribution in [0.3, 0.4) is 0 Å². The Balaban J connectivity index is 1.54. The van der Waals surface area contributed by atoms with Gasteiger partial charge in [0.25, 0.3) is 5.91 Å². The van der Waals surface area contributed by atoms with Gasteiger partial charge in [0.05, 0.1) is 5.56 Å². The van der Waals surface area contributed by atoms with Crippen LogP contribution in [0.1, 0.15) is 27.9 Å². The molecule has 28 heavy (non-hydrogen) atoms. The van der Waals surface area contributed by atoms with Crippen molar-refractivity contribution in [3.8, 4) is 0 Å². The highest BCUT2D eigenvalue weighted by Gasteiger charge is 2.32. The molecule has 0 bridgehead atoms. The SMILES string of the molecule is O=C(NCC1CC(=O)N(Cc2ccc(F)cc2)C1)c1cccc(C(F)(F)F)c1. The van der Waals surface area contributed by atoms with Gasteiger partial charge in [0.2, 0.25) is 5.91 Å². The Labute approximate surface area is 159 Å². The normalized spacial score (nSPS) is 17.1. The van der Waals surface area contributed by atoms with Crippen LogP contribution in [-0.4, -0.2) is 29.8 Å². The second-order valence-electron chi connectivity index (χ2n) is 6.76. The topological polar surface area (TPSA) is 49.4 Å². The van der Waals surface area contributed by atoms with Crippen LogP contribution < -0.4 is 5.32 Å². The van der Waals surface area contributed by atoms with Crippen molar-refractivity contribution >= 4 is 11.8 Å². The number of halogens is 4. The quantitative estimate of drug-likeness (QED) is 0.788. The molecule has 2 amide bonds. The van der Waals surface area contributed by atoms with E-state index in [1.807, 2.05) is 0 Å². The van der Waals surface area contributed by atoms with Crippen LogP contribution in [0, 0.1) is 11.7 Å². The number of benzene rings is 2. The lowest BCUT2D eigenvalue weighted by Crippen LogP contribution is -2.31. The minimum absolute atomic E-state index is 0.0809. The van der Waals surface area contributed by atoms with Crippen LogP contribution in [-0.2, 0) is 17.5 Å². The molecule has 4 nitrogen and oxygen atoms in total. The number of alkyl halides is 3. The molecule has 1 unspecified atom stereocenters. The predicted octanol–water partition coefficient (Wildman–Crippen LogP) is 3.62. The number of nitrogens with one attached hydrogen (secondary N) is 1. The van der Waals surface area contributed by atoms with E-state index in [0.29, 0.717) is 13.1 Å². The first-order chi connectivity index (χ1) is 13.2. The number of hydrogen-bond acceptors (Lipinski definition) is 2. The second-order valence-corrected chi connectivity index (χ2v) is 6.76. The number of amides is 2. The van der Waals surface area contributed by atoms with E-state index in [0.717, 1.165) is 17.7 Å². The Morgan fingerprint density at radius 2 is 1.86 bits per heavy atom. The van der Waals surface area contributed by atoms with Crippen LogP contribution in [0.5, 0.6) is 0 Å². The maximum absolute atomic E-state index is 13.0. The molecule has 0 spiro atoms. The van der Waals surface area contributed by atoms with Gasteiger partial charge in [-0.05, 0) is 35.9 Å². The van der Waals surface area contributed by atoms with Gasteiger partial charge < -0.3 is 10.2 Å². The molecule has 0 radical (unpaired) electrons. The summed E-state index contributed by atoms with van der Waals surface area (Å²) < 4.78 is 51.2. The summed E-state index contributed by atoms with van der Waals surface area (Å²) in [6.45, 7) is 0.941. The minimum Gasteiger partial charge on any atom is -0.352 e. The monoisotopic (exact) mass is 394 g/mol. The van der Waals surface area contributed by atoms with Crippen molar-refractivity contribution in [2.45, 2.75) is 19.1 Å². The molecule has 1 aliphatic heterocycles. The zero-order valence-electron chi connectivity index (χ0n) is 14.8. The molecule has 3 rings (SSSR count). The van der Waals surface area contributed by atoms with Crippen LogP contribution in [0.15, 0.2) is 48.5 Å². The summed E-state index contributed by atoms with van der Waals surface area (Å²) in [4.78, 5) is 25.9. The Kier molecular flexibility index (Phi) is 5.67. The average molecular weight is 394 g/mol. The Morgan fingerprint density at radius 1 is 1.14 bits per heavy atom. The number of carbonyl (C=O) groups is 2. The van der Waals surface area contributed by atoms with Crippen molar-refractivity contribution in [3.63, 3.8) is 0 Å². The highest BCUT2D eigenvalue weighted by Crippen LogP contribution is 2.29. The molecule has 1 saturated heterocycles. The van der Waals surface area contributed by atoms with Gasteiger partial charge in [0.15, 0.2) is 0 Å². The Hall–Kier alpha value is -2.90. The van der Waals surface area contributed by atoms with Crippen molar-refractivity contribution in [3.05, 3.63) is 71.0 Å². The summed E-state index contributed by atoms with van der Waals surface area (Å²) >= 11 is 0. The molecule has 8 heteroatoms. The van der Waals surface area contributed by atoms with Gasteiger partial charge in [0.1, 0.15) is 5.82 Å². The number of likely N-dealkylation sites (tertiary alicyclic amines) is 1. The maximum atomic E-state index is 13.0. The summed E-state index contributed by atoms with van der Waals surface area (Å²) in [5, 5.41) is 2.60. The molecular formula is C20H18F4N2O2. The third-order valence-electron chi connectivity index (χ3n) is 4.58. The zero-order chi connectivity index (χ0) is 20.3. The third-order valence-corrected chi connectivity index (χ3v) is 4.58. The van der Waals surface area contributed by atoms with E-state index in [2.05, 4.69) is 5.32 Å². The van der Waals surface area contributed by atoms with E-state index in [-0.39, 0.29) is 36.2 Å². The first-order valence-corrected chi connectivity index (χ1v) is 8.70. The highest BCUT2D eigenvalue weighted by molar-refractivity contribution is 5.94. The standard InChI is InChI=1S/C20H18F4N2O2/c21-17-6-4-13(5-7-17)11-26-12-14(8-18(26)27)10-25-19(28)15-2-1-3-16(9-15)20(22,23)24/h1-7,9,14H,8,10-12H2,(H,25,28). The van der Waals surface area contributed by atoms with Gasteiger partial charge >= 0.3 is 6.18 Å². The number of hydrogen-bond donors (Lipinski definition) is 1. The summed E-state index contributed by atoms with van der Waals surface area (Å²) in [6, 6.07) is 10.0. The molecule has 0 saturated carbocycles. The summed E-state index contributed by atoms with van der Waals surface area (Å²) in [6.07, 6.45) is -4.28. The first-order valence-electron chi connectivity index (χ1n) is 8.70. The number of rotatable bonds is 5. The summed E-state index contributed by atoms with van der Waals surface area (Å²) in [5.74, 6) is -1.19. The fraction of sp³-hybridized carbons (Fsp3) is 0.300. The molecule has 1 heterocycles. The molecule has 1 fully saturated rings. The number of carbonyl (C=O) groups excluding carboxylic acids is 2. The van der Waals surface area contributed by atoms with E-state index in [1.165, 1.54) is 24.3 Å². The van der Waals surface area contributed by atoms with E-state index in [4.69, 9.17) is 0 Å². The van der Waals surface area contributed by atoms with Crippen molar-refractivity contribution in [1.82, 2.24) is 10.2 Å². The fourth-order valence-electron chi connectivity index (χ4n) is 3.13. The first kappa shape index (κ1) is 19.9. The van der Waals surface area contributed by atoms with Crippen LogP contribution in [0.4, 0.5) is 17.6 Å². The van der Waals surface area contributed by atoms with Gasteiger partial charge in [-0.1, -0.05) is 18.2 Å². The third kappa shape index (κ3) is 4.88. The summed E-state index contributed by atoms with van der Waals surface area (Å²) in [7, 11) is 0. The van der Waals surface area contributed by atoms with E-state index < -0.39 is 17.6 Å². The van der Waals surface area contributed by atoms with E-state index in [1.54, 1.807) is 17.0 Å². The predicted molar refractivity (Wildman–Crippen MR) is 93.7 cm³/mol. The lowest BCUT2D eigenvalue weighted by molar-refractivity contribution is -0.137. The molecule has 0 aromatic heterocycles. The average Bonchev–Trinajstić information content (AvgIpc) is 3.00. The van der Waals surface area contributed by atoms with Crippen molar-refractivity contribution in [1.29, 1.82) is 0 Å². The molecule has 2 aromatic carbocycles. The molecule has 1 N–H and O–H groups in total. The number of nitrogens with zero attached hydrogens (tertiary/aromatic N) is 1. The van der Waals surface area contributed by atoms with Gasteiger partial charge in [0, 0.05) is 37.5 Å². The zero-order valence-corrected chi connectivity index (χ0v) is 14.8. The van der Waals surface area contributed by atoms with Crippen LogP contribution in [0.2, 0.25) is 0 Å². The van der Waals surface area contributed by atoms with E-state index >= 15 is 0 Å². The fourth-order valence-corrected chi connectivity index (χ4v) is 3.13. The Morgan fingerprint density at radius 3 is 2.54 bits per heavy atom. The Bertz CT molecular complexity index is 865. The van der Waals surface area contributed by atoms with Gasteiger partial charge in [-0.3, -0.25) is 9.59 Å². The van der Waals surface area contributed by atoms with Crippen LogP contribution in [0.25, 0.3) is 0 Å². The summed E-state index contributed by atoms with van der Waals surface area (Å²) in [5.41, 5.74) is -0.174. The van der Waals surface area contributed by atoms with Gasteiger partial charge in [-0.2, -0.15) is 13.2 Å². The maximum Gasteiger partial charge on any atom is 0.416 e. The van der Waals surface area contributed by atoms with Gasteiger partial charge in [-0.15, -0.1) is 0 Å². The van der Waals surface area contributed by atoms with E-state index in [9.17, 15) is 27.2 Å². The van der Waals surface area contributed by atoms with Crippen molar-refractivity contribution < 1.29 is 27.2 Å².